The van der Waals surface area contributed by atoms with Gasteiger partial charge in [0.2, 0.25) is 10.0 Å². The van der Waals surface area contributed by atoms with Gasteiger partial charge in [0.05, 0.1) is 21.5 Å². The van der Waals surface area contributed by atoms with Crippen molar-refractivity contribution in [1.29, 1.82) is 0 Å². The van der Waals surface area contributed by atoms with Crippen molar-refractivity contribution in [3.8, 4) is 5.75 Å². The van der Waals surface area contributed by atoms with Crippen LogP contribution >= 0.6 is 0 Å². The molecule has 1 aliphatic heterocycles. The molecule has 3 aromatic carbocycles. The van der Waals surface area contributed by atoms with Gasteiger partial charge in [0.1, 0.15) is 17.5 Å². The van der Waals surface area contributed by atoms with Crippen LogP contribution in [0.2, 0.25) is 0 Å². The summed E-state index contributed by atoms with van der Waals surface area (Å²) in [5, 5.41) is 11.1. The Morgan fingerprint density at radius 1 is 0.944 bits per heavy atom. The Kier molecular flexibility index (Phi) is 6.91. The van der Waals surface area contributed by atoms with Gasteiger partial charge in [-0.3, -0.25) is 4.31 Å². The van der Waals surface area contributed by atoms with E-state index in [2.05, 4.69) is 4.72 Å². The summed E-state index contributed by atoms with van der Waals surface area (Å²) in [5.74, 6) is 0.292. The molecule has 8 nitrogen and oxygen atoms in total. The van der Waals surface area contributed by atoms with E-state index in [1.165, 1.54) is 37.4 Å². The Hall–Kier alpha value is -2.92. The lowest BCUT2D eigenvalue weighted by Gasteiger charge is -2.42. The fourth-order valence-corrected chi connectivity index (χ4v) is 6.59. The first-order chi connectivity index (χ1) is 16.9. The first-order valence-electron chi connectivity index (χ1n) is 11.5. The van der Waals surface area contributed by atoms with Crippen molar-refractivity contribution in [2.75, 3.05) is 11.4 Å². The molecule has 0 saturated heterocycles. The van der Waals surface area contributed by atoms with E-state index in [1.54, 1.807) is 56.3 Å². The smallest absolute Gasteiger partial charge is 0.264 e. The molecule has 0 radical (unpaired) electrons. The Morgan fingerprint density at radius 3 is 2.17 bits per heavy atom. The summed E-state index contributed by atoms with van der Waals surface area (Å²) in [4.78, 5) is -0.00931. The summed E-state index contributed by atoms with van der Waals surface area (Å²) in [6.07, 6.45) is -0.526. The molecule has 1 unspecified atom stereocenters. The average Bonchev–Trinajstić information content (AvgIpc) is 2.86. The number of aryl methyl sites for hydroxylation is 1. The van der Waals surface area contributed by atoms with E-state index in [4.69, 9.17) is 4.74 Å². The summed E-state index contributed by atoms with van der Waals surface area (Å²) >= 11 is 0. The van der Waals surface area contributed by atoms with Crippen LogP contribution in [-0.4, -0.2) is 40.7 Å². The number of fused-ring (bicyclic) bond motifs is 1. The molecule has 1 heterocycles. The standard InChI is InChI=1S/C26H30N2O6S2/c1-5-18-11-13-20(14-12-18)35(30,31)27-24-22-17-21(15-16-23(22)34-26(2,3)25(24)29)36(32,33)28(4)19-9-7-6-8-10-19/h6-17,24-25,27,29H,5H2,1-4H3/t24-,25?/m1/s1. The van der Waals surface area contributed by atoms with Crippen LogP contribution in [0.4, 0.5) is 5.69 Å². The average molecular weight is 531 g/mol. The van der Waals surface area contributed by atoms with Crippen molar-refractivity contribution in [1.82, 2.24) is 4.72 Å². The van der Waals surface area contributed by atoms with E-state index in [0.717, 1.165) is 16.3 Å². The van der Waals surface area contributed by atoms with Crippen molar-refractivity contribution in [3.63, 3.8) is 0 Å². The molecule has 0 aromatic heterocycles. The Bertz CT molecular complexity index is 1450. The van der Waals surface area contributed by atoms with Gasteiger partial charge in [-0.1, -0.05) is 37.3 Å². The van der Waals surface area contributed by atoms with Gasteiger partial charge in [-0.2, -0.15) is 0 Å². The van der Waals surface area contributed by atoms with E-state index >= 15 is 0 Å². The van der Waals surface area contributed by atoms with Gasteiger partial charge >= 0.3 is 0 Å². The van der Waals surface area contributed by atoms with Gasteiger partial charge in [0.25, 0.3) is 10.0 Å². The fraction of sp³-hybridized carbons (Fsp3) is 0.308. The van der Waals surface area contributed by atoms with E-state index in [-0.39, 0.29) is 15.4 Å². The van der Waals surface area contributed by atoms with Crippen molar-refractivity contribution in [2.45, 2.75) is 54.7 Å². The number of benzene rings is 3. The highest BCUT2D eigenvalue weighted by Gasteiger charge is 2.45. The van der Waals surface area contributed by atoms with Gasteiger partial charge in [-0.15, -0.1) is 0 Å². The van der Waals surface area contributed by atoms with Crippen LogP contribution in [0.1, 0.15) is 37.9 Å². The molecule has 3 aromatic rings. The van der Waals surface area contributed by atoms with Gasteiger partial charge in [-0.25, -0.2) is 21.6 Å². The van der Waals surface area contributed by atoms with E-state index in [9.17, 15) is 21.9 Å². The summed E-state index contributed by atoms with van der Waals surface area (Å²) in [6.45, 7) is 5.26. The molecule has 2 atom stereocenters. The topological polar surface area (TPSA) is 113 Å². The SMILES string of the molecule is CCc1ccc(S(=O)(=O)N[C@@H]2c3cc(S(=O)(=O)N(C)c4ccccc4)ccc3OC(C)(C)C2O)cc1. The Labute approximate surface area is 212 Å². The number of aliphatic hydroxyl groups is 1. The van der Waals surface area contributed by atoms with Crippen LogP contribution in [0.5, 0.6) is 5.75 Å². The number of aliphatic hydroxyl groups excluding tert-OH is 1. The second-order valence-corrected chi connectivity index (χ2v) is 12.9. The molecular weight excluding hydrogens is 500 g/mol. The largest absolute Gasteiger partial charge is 0.485 e. The first kappa shape index (κ1) is 26.2. The highest BCUT2D eigenvalue weighted by Crippen LogP contribution is 2.42. The molecule has 0 spiro atoms. The third-order valence-corrected chi connectivity index (χ3v) is 9.66. The molecule has 192 valence electrons. The third-order valence-electron chi connectivity index (χ3n) is 6.42. The quantitative estimate of drug-likeness (QED) is 0.482. The van der Waals surface area contributed by atoms with E-state index in [1.807, 2.05) is 6.92 Å². The molecule has 0 saturated carbocycles. The zero-order valence-corrected chi connectivity index (χ0v) is 22.2. The van der Waals surface area contributed by atoms with Crippen LogP contribution in [0.3, 0.4) is 0 Å². The number of nitrogens with zero attached hydrogens (tertiary/aromatic N) is 1. The second-order valence-electron chi connectivity index (χ2n) is 9.25. The van der Waals surface area contributed by atoms with Gasteiger partial charge in [-0.05, 0) is 68.3 Å². The molecule has 4 rings (SSSR count). The molecule has 0 aliphatic carbocycles. The van der Waals surface area contributed by atoms with Gasteiger partial charge < -0.3 is 9.84 Å². The van der Waals surface area contributed by atoms with Crippen LogP contribution in [0.25, 0.3) is 0 Å². The summed E-state index contributed by atoms with van der Waals surface area (Å²) in [5.41, 5.74) is 0.565. The van der Waals surface area contributed by atoms with Crippen molar-refractivity contribution in [2.24, 2.45) is 0 Å². The molecule has 2 N–H and O–H groups in total. The lowest BCUT2D eigenvalue weighted by atomic mass is 9.87. The van der Waals surface area contributed by atoms with Gasteiger partial charge in [0, 0.05) is 12.6 Å². The van der Waals surface area contributed by atoms with Crippen LogP contribution < -0.4 is 13.8 Å². The van der Waals surface area contributed by atoms with Crippen molar-refractivity contribution < 1.29 is 26.7 Å². The minimum atomic E-state index is -4.04. The normalized spacial score (nSPS) is 19.2. The fourth-order valence-electron chi connectivity index (χ4n) is 4.14. The number of para-hydroxylation sites is 1. The van der Waals surface area contributed by atoms with Crippen LogP contribution in [-0.2, 0) is 26.5 Å². The van der Waals surface area contributed by atoms with E-state index in [0.29, 0.717) is 11.4 Å². The predicted molar refractivity (Wildman–Crippen MR) is 138 cm³/mol. The Morgan fingerprint density at radius 2 is 1.56 bits per heavy atom. The Balaban J connectivity index is 1.76. The number of ether oxygens (including phenoxy) is 1. The lowest BCUT2D eigenvalue weighted by molar-refractivity contribution is -0.0604. The monoisotopic (exact) mass is 530 g/mol. The molecule has 0 fully saturated rings. The minimum Gasteiger partial charge on any atom is -0.485 e. The van der Waals surface area contributed by atoms with Crippen LogP contribution in [0, 0.1) is 0 Å². The van der Waals surface area contributed by atoms with Crippen LogP contribution in [0.15, 0.2) is 82.6 Å². The molecule has 36 heavy (non-hydrogen) atoms. The number of hydrogen-bond donors (Lipinski definition) is 2. The molecule has 1 aliphatic rings. The maximum atomic E-state index is 13.4. The number of nitrogens with one attached hydrogen (secondary N) is 1. The first-order valence-corrected chi connectivity index (χ1v) is 14.5. The molecule has 0 amide bonds. The minimum absolute atomic E-state index is 0.0466. The number of hydrogen-bond acceptors (Lipinski definition) is 6. The predicted octanol–water partition coefficient (Wildman–Crippen LogP) is 3.63. The summed E-state index contributed by atoms with van der Waals surface area (Å²) < 4.78 is 62.9. The molecule has 10 heteroatoms. The zero-order valence-electron chi connectivity index (χ0n) is 20.5. The maximum Gasteiger partial charge on any atom is 0.264 e. The lowest BCUT2D eigenvalue weighted by Crippen LogP contribution is -2.53. The van der Waals surface area contributed by atoms with Gasteiger partial charge in [0.15, 0.2) is 0 Å². The highest BCUT2D eigenvalue weighted by molar-refractivity contribution is 7.92. The number of anilines is 1. The molecule has 0 bridgehead atoms. The number of rotatable bonds is 7. The zero-order chi connectivity index (χ0) is 26.3. The molecular formula is C26H30N2O6S2. The van der Waals surface area contributed by atoms with Crippen molar-refractivity contribution in [3.05, 3.63) is 83.9 Å². The number of sulfonamides is 2. The van der Waals surface area contributed by atoms with Crippen molar-refractivity contribution >= 4 is 25.7 Å². The maximum absolute atomic E-state index is 13.4. The van der Waals surface area contributed by atoms with E-state index < -0.39 is 37.8 Å². The summed E-state index contributed by atoms with van der Waals surface area (Å²) in [6, 6.07) is 18.2. The summed E-state index contributed by atoms with van der Waals surface area (Å²) in [7, 11) is -6.58. The highest BCUT2D eigenvalue weighted by atomic mass is 32.2. The third kappa shape index (κ3) is 4.86. The second kappa shape index (κ2) is 9.51.